The van der Waals surface area contributed by atoms with Crippen molar-refractivity contribution in [1.29, 1.82) is 0 Å². The number of nitrogens with zero attached hydrogens (tertiary/aromatic N) is 3. The minimum absolute atomic E-state index is 0.121. The third-order valence-corrected chi connectivity index (χ3v) is 4.87. The summed E-state index contributed by atoms with van der Waals surface area (Å²) in [7, 11) is 1.61. The summed E-state index contributed by atoms with van der Waals surface area (Å²) < 4.78 is 5.15. The number of ether oxygens (including phenoxy) is 1. The molecule has 1 aromatic carbocycles. The van der Waals surface area contributed by atoms with Crippen molar-refractivity contribution in [2.75, 3.05) is 13.7 Å². The van der Waals surface area contributed by atoms with Crippen LogP contribution in [0.25, 0.3) is 6.08 Å². The largest absolute Gasteiger partial charge is 0.497 e. The van der Waals surface area contributed by atoms with Gasteiger partial charge in [0, 0.05) is 12.7 Å². The minimum atomic E-state index is -0.121. The number of methoxy groups -OCH3 is 1. The van der Waals surface area contributed by atoms with Gasteiger partial charge in [-0.3, -0.25) is 9.69 Å². The van der Waals surface area contributed by atoms with E-state index in [0.717, 1.165) is 11.3 Å². The number of amidine groups is 1. The Balaban J connectivity index is 1.94. The Hall–Kier alpha value is -2.57. The number of benzene rings is 1. The highest BCUT2D eigenvalue weighted by molar-refractivity contribution is 8.18. The van der Waals surface area contributed by atoms with Gasteiger partial charge in [0.1, 0.15) is 11.4 Å². The van der Waals surface area contributed by atoms with Crippen LogP contribution in [-0.2, 0) is 4.79 Å². The molecule has 1 saturated heterocycles. The van der Waals surface area contributed by atoms with Crippen molar-refractivity contribution in [2.45, 2.75) is 0 Å². The van der Waals surface area contributed by atoms with E-state index >= 15 is 0 Å². The number of pyridine rings is 1. The lowest BCUT2D eigenvalue weighted by molar-refractivity contribution is -0.121. The van der Waals surface area contributed by atoms with Crippen molar-refractivity contribution in [3.8, 4) is 5.75 Å². The van der Waals surface area contributed by atoms with Gasteiger partial charge in [-0.1, -0.05) is 29.8 Å². The molecule has 0 unspecified atom stereocenters. The Morgan fingerprint density at radius 1 is 1.35 bits per heavy atom. The maximum absolute atomic E-state index is 12.7. The summed E-state index contributed by atoms with van der Waals surface area (Å²) in [6.45, 7) is 4.08. The number of aliphatic imine (C=N–C) groups is 1. The molecule has 2 heterocycles. The maximum Gasteiger partial charge on any atom is 0.267 e. The van der Waals surface area contributed by atoms with E-state index < -0.39 is 0 Å². The minimum Gasteiger partial charge on any atom is -0.497 e. The van der Waals surface area contributed by atoms with E-state index in [1.807, 2.05) is 30.3 Å². The number of aromatic nitrogens is 1. The summed E-state index contributed by atoms with van der Waals surface area (Å²) >= 11 is 7.38. The summed E-state index contributed by atoms with van der Waals surface area (Å²) in [4.78, 5) is 23.4. The average Bonchev–Trinajstić information content (AvgIpc) is 2.93. The van der Waals surface area contributed by atoms with Crippen LogP contribution in [0.4, 0.5) is 5.69 Å². The number of rotatable bonds is 5. The van der Waals surface area contributed by atoms with Gasteiger partial charge in [0.2, 0.25) is 0 Å². The highest BCUT2D eigenvalue weighted by Crippen LogP contribution is 2.35. The molecule has 0 saturated carbocycles. The predicted molar refractivity (Wildman–Crippen MR) is 107 cm³/mol. The molecule has 2 aromatic rings. The lowest BCUT2D eigenvalue weighted by atomic mass is 10.2. The van der Waals surface area contributed by atoms with E-state index in [2.05, 4.69) is 16.6 Å². The fourth-order valence-corrected chi connectivity index (χ4v) is 3.46. The van der Waals surface area contributed by atoms with Crippen LogP contribution in [-0.4, -0.2) is 34.6 Å². The second-order valence-corrected chi connectivity index (χ2v) is 6.66. The third kappa shape index (κ3) is 3.98. The monoisotopic (exact) mass is 385 g/mol. The summed E-state index contributed by atoms with van der Waals surface area (Å²) in [5.74, 6) is 0.642. The molecule has 0 atom stereocenters. The molecular weight excluding hydrogens is 370 g/mol. The van der Waals surface area contributed by atoms with Gasteiger partial charge in [-0.15, -0.1) is 6.58 Å². The van der Waals surface area contributed by atoms with Crippen molar-refractivity contribution in [3.63, 3.8) is 0 Å². The van der Waals surface area contributed by atoms with E-state index in [9.17, 15) is 4.79 Å². The number of halogens is 1. The van der Waals surface area contributed by atoms with Gasteiger partial charge in [-0.05, 0) is 47.7 Å². The van der Waals surface area contributed by atoms with Gasteiger partial charge in [0.15, 0.2) is 10.3 Å². The van der Waals surface area contributed by atoms with Gasteiger partial charge >= 0.3 is 0 Å². The molecule has 1 aliphatic rings. The highest BCUT2D eigenvalue weighted by Gasteiger charge is 2.32. The predicted octanol–water partition coefficient (Wildman–Crippen LogP) is 4.53. The van der Waals surface area contributed by atoms with E-state index in [4.69, 9.17) is 16.3 Å². The van der Waals surface area contributed by atoms with Gasteiger partial charge in [0.25, 0.3) is 5.91 Å². The first-order chi connectivity index (χ1) is 12.6. The number of carbonyl (C=O) groups is 1. The van der Waals surface area contributed by atoms with Crippen LogP contribution in [0.2, 0.25) is 5.15 Å². The zero-order valence-electron chi connectivity index (χ0n) is 14.1. The Bertz CT molecular complexity index is 894. The molecule has 0 aliphatic carbocycles. The van der Waals surface area contributed by atoms with E-state index in [0.29, 0.717) is 27.5 Å². The van der Waals surface area contributed by atoms with Crippen LogP contribution >= 0.6 is 23.4 Å². The van der Waals surface area contributed by atoms with Crippen LogP contribution in [0, 0.1) is 0 Å². The summed E-state index contributed by atoms with van der Waals surface area (Å²) in [6, 6.07) is 11.0. The zero-order valence-corrected chi connectivity index (χ0v) is 15.6. The van der Waals surface area contributed by atoms with Crippen molar-refractivity contribution in [2.24, 2.45) is 4.99 Å². The highest BCUT2D eigenvalue weighted by atomic mass is 35.5. The Morgan fingerprint density at radius 2 is 2.12 bits per heavy atom. The topological polar surface area (TPSA) is 54.8 Å². The SMILES string of the molecule is C=CCN1C(=O)/C(=C/c2ccc(OC)cc2)SC1=Nc1cccnc1Cl. The van der Waals surface area contributed by atoms with Crippen molar-refractivity contribution in [3.05, 3.63) is 70.9 Å². The van der Waals surface area contributed by atoms with Crippen molar-refractivity contribution < 1.29 is 9.53 Å². The second kappa shape index (κ2) is 8.21. The fraction of sp³-hybridized carbons (Fsp3) is 0.105. The lowest BCUT2D eigenvalue weighted by Gasteiger charge is -2.12. The average molecular weight is 386 g/mol. The normalized spacial score (nSPS) is 17.2. The summed E-state index contributed by atoms with van der Waals surface area (Å²) in [5, 5.41) is 0.837. The van der Waals surface area contributed by atoms with Gasteiger partial charge in [-0.25, -0.2) is 9.98 Å². The van der Waals surface area contributed by atoms with Crippen molar-refractivity contribution in [1.82, 2.24) is 9.88 Å². The van der Waals surface area contributed by atoms with Crippen LogP contribution in [0.5, 0.6) is 5.75 Å². The molecule has 26 heavy (non-hydrogen) atoms. The maximum atomic E-state index is 12.7. The number of hydrogen-bond acceptors (Lipinski definition) is 5. The third-order valence-electron chi connectivity index (χ3n) is 3.57. The molecule has 3 rings (SSSR count). The van der Waals surface area contributed by atoms with Crippen molar-refractivity contribution >= 4 is 46.2 Å². The molecule has 0 spiro atoms. The molecule has 1 aromatic heterocycles. The second-order valence-electron chi connectivity index (χ2n) is 5.30. The van der Waals surface area contributed by atoms with Crippen LogP contribution < -0.4 is 4.74 Å². The number of hydrogen-bond donors (Lipinski definition) is 0. The van der Waals surface area contributed by atoms with E-state index in [1.165, 1.54) is 11.8 Å². The zero-order chi connectivity index (χ0) is 18.5. The molecule has 0 radical (unpaired) electrons. The molecule has 1 amide bonds. The number of amides is 1. The van der Waals surface area contributed by atoms with E-state index in [-0.39, 0.29) is 5.91 Å². The molecular formula is C19H16ClN3O2S. The molecule has 1 aliphatic heterocycles. The summed E-state index contributed by atoms with van der Waals surface area (Å²) in [5.41, 5.74) is 1.42. The molecule has 1 fully saturated rings. The standard InChI is InChI=1S/C19H16ClN3O2S/c1-3-11-23-18(24)16(12-13-6-8-14(25-2)9-7-13)26-19(23)22-15-5-4-10-21-17(15)20/h3-10,12H,1,11H2,2H3/b16-12-,22-19?. The Labute approximate surface area is 161 Å². The quantitative estimate of drug-likeness (QED) is 0.431. The van der Waals surface area contributed by atoms with E-state index in [1.54, 1.807) is 36.4 Å². The smallest absolute Gasteiger partial charge is 0.267 e. The number of carbonyl (C=O) groups excluding carboxylic acids is 1. The molecule has 7 heteroatoms. The first-order valence-corrected chi connectivity index (χ1v) is 8.97. The van der Waals surface area contributed by atoms with Crippen LogP contribution in [0.1, 0.15) is 5.56 Å². The van der Waals surface area contributed by atoms with Gasteiger partial charge < -0.3 is 4.74 Å². The lowest BCUT2D eigenvalue weighted by Crippen LogP contribution is -2.29. The summed E-state index contributed by atoms with van der Waals surface area (Å²) in [6.07, 6.45) is 5.08. The Morgan fingerprint density at radius 3 is 2.77 bits per heavy atom. The molecule has 132 valence electrons. The first-order valence-electron chi connectivity index (χ1n) is 7.78. The molecule has 5 nitrogen and oxygen atoms in total. The first kappa shape index (κ1) is 18.2. The Kier molecular flexibility index (Phi) is 5.75. The van der Waals surface area contributed by atoms with Gasteiger partial charge in [0.05, 0.1) is 12.0 Å². The number of thioether (sulfide) groups is 1. The molecule has 0 bridgehead atoms. The fourth-order valence-electron chi connectivity index (χ4n) is 2.30. The van der Waals surface area contributed by atoms with Crippen LogP contribution in [0.15, 0.2) is 65.1 Å². The molecule has 0 N–H and O–H groups in total. The van der Waals surface area contributed by atoms with Gasteiger partial charge in [-0.2, -0.15) is 0 Å². The van der Waals surface area contributed by atoms with Crippen LogP contribution in [0.3, 0.4) is 0 Å².